The molecule has 2 aromatic heterocycles. The van der Waals surface area contributed by atoms with Gasteiger partial charge in [0, 0.05) is 17.1 Å². The van der Waals surface area contributed by atoms with Crippen LogP contribution in [0.1, 0.15) is 13.3 Å². The summed E-state index contributed by atoms with van der Waals surface area (Å²) < 4.78 is 0.820. The second-order valence-electron chi connectivity index (χ2n) is 3.85. The smallest absolute Gasteiger partial charge is 0.296 e. The first kappa shape index (κ1) is 14.0. The van der Waals surface area contributed by atoms with Crippen LogP contribution >= 0.6 is 27.3 Å². The molecule has 0 aliphatic carbocycles. The molecule has 1 N–H and O–H groups in total. The third-order valence-electron chi connectivity index (χ3n) is 2.46. The van der Waals surface area contributed by atoms with Crippen molar-refractivity contribution >= 4 is 38.8 Å². The van der Waals surface area contributed by atoms with Gasteiger partial charge in [-0.2, -0.15) is 0 Å². The number of rotatable bonds is 5. The van der Waals surface area contributed by atoms with Gasteiger partial charge in [-0.25, -0.2) is 4.98 Å². The second kappa shape index (κ2) is 6.12. The van der Waals surface area contributed by atoms with Crippen LogP contribution in [0, 0.1) is 10.1 Å². The first-order valence-electron chi connectivity index (χ1n) is 5.76. The summed E-state index contributed by atoms with van der Waals surface area (Å²) in [4.78, 5) is 15.8. The Labute approximate surface area is 123 Å². The fourth-order valence-corrected chi connectivity index (χ4v) is 3.14. The molecule has 0 saturated carbocycles. The molecule has 0 saturated heterocycles. The molecule has 19 heavy (non-hydrogen) atoms. The van der Waals surface area contributed by atoms with E-state index >= 15 is 0 Å². The molecule has 0 spiro atoms. The molecule has 7 heteroatoms. The Morgan fingerprint density at radius 1 is 1.47 bits per heavy atom. The lowest BCUT2D eigenvalue weighted by Crippen LogP contribution is -2.03. The van der Waals surface area contributed by atoms with E-state index in [0.717, 1.165) is 22.3 Å². The molecule has 100 valence electrons. The van der Waals surface area contributed by atoms with Crippen LogP contribution in [0.5, 0.6) is 0 Å². The fraction of sp³-hybridized carbons (Fsp3) is 0.250. The van der Waals surface area contributed by atoms with E-state index in [1.165, 1.54) is 17.4 Å². The number of hydrogen-bond acceptors (Lipinski definition) is 5. The summed E-state index contributed by atoms with van der Waals surface area (Å²) in [5, 5.41) is 16.1. The van der Waals surface area contributed by atoms with E-state index < -0.39 is 4.92 Å². The highest BCUT2D eigenvalue weighted by Crippen LogP contribution is 2.38. The molecule has 0 radical (unpaired) electrons. The lowest BCUT2D eigenvalue weighted by molar-refractivity contribution is -0.384. The molecule has 2 rings (SSSR count). The number of halogens is 1. The molecular weight excluding hydrogens is 330 g/mol. The number of anilines is 1. The summed E-state index contributed by atoms with van der Waals surface area (Å²) in [6.45, 7) is 2.84. The first-order chi connectivity index (χ1) is 9.13. The highest BCUT2D eigenvalue weighted by molar-refractivity contribution is 9.10. The number of nitro groups is 1. The van der Waals surface area contributed by atoms with Gasteiger partial charge in [0.1, 0.15) is 5.82 Å². The van der Waals surface area contributed by atoms with E-state index in [-0.39, 0.29) is 5.69 Å². The van der Waals surface area contributed by atoms with Crippen LogP contribution in [0.3, 0.4) is 0 Å². The van der Waals surface area contributed by atoms with Gasteiger partial charge in [-0.05, 0) is 39.9 Å². The average molecular weight is 342 g/mol. The van der Waals surface area contributed by atoms with Crippen molar-refractivity contribution in [1.82, 2.24) is 4.98 Å². The van der Waals surface area contributed by atoms with Crippen LogP contribution in [-0.2, 0) is 0 Å². The van der Waals surface area contributed by atoms with Gasteiger partial charge in [-0.15, -0.1) is 11.3 Å². The predicted octanol–water partition coefficient (Wildman–Crippen LogP) is 4.30. The van der Waals surface area contributed by atoms with Gasteiger partial charge in [-0.1, -0.05) is 6.92 Å². The number of aromatic nitrogens is 1. The standard InChI is InChI=1S/C12H12BrN3O2S/c1-2-6-14-10-4-3-9(16(17)18)11(15-10)12-8(13)5-7-19-12/h3-5,7H,2,6H2,1H3,(H,14,15). The Hall–Kier alpha value is -1.47. The third kappa shape index (κ3) is 3.10. The Bertz CT molecular complexity index is 600. The maximum atomic E-state index is 11.1. The van der Waals surface area contributed by atoms with Crippen molar-refractivity contribution in [3.63, 3.8) is 0 Å². The quantitative estimate of drug-likeness (QED) is 0.650. The van der Waals surface area contributed by atoms with Gasteiger partial charge >= 0.3 is 0 Å². The van der Waals surface area contributed by atoms with Crippen LogP contribution in [-0.4, -0.2) is 16.5 Å². The Kier molecular flexibility index (Phi) is 4.49. The van der Waals surface area contributed by atoms with Crippen molar-refractivity contribution in [2.75, 3.05) is 11.9 Å². The summed E-state index contributed by atoms with van der Waals surface area (Å²) in [6.07, 6.45) is 0.969. The van der Waals surface area contributed by atoms with E-state index in [2.05, 4.69) is 33.2 Å². The first-order valence-corrected chi connectivity index (χ1v) is 7.43. The number of nitrogens with zero attached hydrogens (tertiary/aromatic N) is 2. The molecule has 0 atom stereocenters. The van der Waals surface area contributed by atoms with Gasteiger partial charge < -0.3 is 5.32 Å². The Balaban J connectivity index is 2.48. The Morgan fingerprint density at radius 2 is 2.26 bits per heavy atom. The molecule has 2 heterocycles. The number of thiophene rings is 1. The second-order valence-corrected chi connectivity index (χ2v) is 5.62. The fourth-order valence-electron chi connectivity index (χ4n) is 1.58. The van der Waals surface area contributed by atoms with Gasteiger partial charge in [-0.3, -0.25) is 10.1 Å². The zero-order chi connectivity index (χ0) is 13.8. The van der Waals surface area contributed by atoms with Gasteiger partial charge in [0.25, 0.3) is 5.69 Å². The van der Waals surface area contributed by atoms with Crippen molar-refractivity contribution in [3.05, 3.63) is 38.2 Å². The average Bonchev–Trinajstić information content (AvgIpc) is 2.82. The van der Waals surface area contributed by atoms with E-state index in [1.54, 1.807) is 6.07 Å². The van der Waals surface area contributed by atoms with Crippen LogP contribution in [0.15, 0.2) is 28.1 Å². The maximum Gasteiger partial charge on any atom is 0.296 e. The van der Waals surface area contributed by atoms with E-state index in [4.69, 9.17) is 0 Å². The predicted molar refractivity (Wildman–Crippen MR) is 80.7 cm³/mol. The van der Waals surface area contributed by atoms with Crippen molar-refractivity contribution < 1.29 is 4.92 Å². The van der Waals surface area contributed by atoms with Crippen LogP contribution in [0.4, 0.5) is 11.5 Å². The maximum absolute atomic E-state index is 11.1. The minimum Gasteiger partial charge on any atom is -0.370 e. The van der Waals surface area contributed by atoms with E-state index in [1.807, 2.05) is 11.4 Å². The van der Waals surface area contributed by atoms with Crippen molar-refractivity contribution in [2.24, 2.45) is 0 Å². The molecule has 5 nitrogen and oxygen atoms in total. The van der Waals surface area contributed by atoms with E-state index in [9.17, 15) is 10.1 Å². The largest absolute Gasteiger partial charge is 0.370 e. The van der Waals surface area contributed by atoms with E-state index in [0.29, 0.717) is 11.5 Å². The number of pyridine rings is 1. The summed E-state index contributed by atoms with van der Waals surface area (Å²) in [6, 6.07) is 4.99. The zero-order valence-corrected chi connectivity index (χ0v) is 12.6. The topological polar surface area (TPSA) is 68.1 Å². The molecule has 0 bridgehead atoms. The molecule has 0 aromatic carbocycles. The summed E-state index contributed by atoms with van der Waals surface area (Å²) >= 11 is 4.82. The van der Waals surface area contributed by atoms with Crippen molar-refractivity contribution in [1.29, 1.82) is 0 Å². The van der Waals surface area contributed by atoms with Crippen LogP contribution in [0.25, 0.3) is 10.6 Å². The molecule has 0 aliphatic heterocycles. The Morgan fingerprint density at radius 3 is 2.84 bits per heavy atom. The molecule has 0 amide bonds. The molecule has 0 aliphatic rings. The zero-order valence-electron chi connectivity index (χ0n) is 10.2. The lowest BCUT2D eigenvalue weighted by Gasteiger charge is -2.06. The van der Waals surface area contributed by atoms with Crippen LogP contribution < -0.4 is 5.32 Å². The van der Waals surface area contributed by atoms with Gasteiger partial charge in [0.05, 0.1) is 9.80 Å². The minimum atomic E-state index is -0.405. The highest BCUT2D eigenvalue weighted by atomic mass is 79.9. The third-order valence-corrected chi connectivity index (χ3v) is 4.30. The molecule has 0 fully saturated rings. The number of nitrogens with one attached hydrogen (secondary N) is 1. The van der Waals surface area contributed by atoms with Crippen molar-refractivity contribution in [3.8, 4) is 10.6 Å². The summed E-state index contributed by atoms with van der Waals surface area (Å²) in [7, 11) is 0. The SMILES string of the molecule is CCCNc1ccc([N+](=O)[O-])c(-c2sccc2Br)n1. The van der Waals surface area contributed by atoms with Crippen molar-refractivity contribution in [2.45, 2.75) is 13.3 Å². The van der Waals surface area contributed by atoms with Crippen LogP contribution in [0.2, 0.25) is 0 Å². The lowest BCUT2D eigenvalue weighted by atomic mass is 10.2. The molecule has 0 unspecified atom stereocenters. The normalized spacial score (nSPS) is 10.4. The minimum absolute atomic E-state index is 0.0187. The molecule has 2 aromatic rings. The summed E-state index contributed by atoms with van der Waals surface area (Å²) in [5.74, 6) is 0.655. The molecular formula is C12H12BrN3O2S. The van der Waals surface area contributed by atoms with Gasteiger partial charge in [0.2, 0.25) is 0 Å². The monoisotopic (exact) mass is 341 g/mol. The summed E-state index contributed by atoms with van der Waals surface area (Å²) in [5.41, 5.74) is 0.415. The number of hydrogen-bond donors (Lipinski definition) is 1. The van der Waals surface area contributed by atoms with Gasteiger partial charge in [0.15, 0.2) is 5.69 Å². The highest BCUT2D eigenvalue weighted by Gasteiger charge is 2.20.